The average molecular weight is 1960 g/mol. The number of fused-ring (bicyclic) bond motifs is 3. The predicted octanol–water partition coefficient (Wildman–Crippen LogP) is 18.5. The standard InChI is InChI=1S/C32H29ClN4O5S.C28H22BrClN4O5S.C24H21ClN4O4S.C4H7.BrH.Zn/c1-41-24-11-8-21(9-12-24)20-36(31-7-4-16-34-35-31)43(39,40)25-13-14-28-23(17-25)10-15-32(38)37(28)29-19-27(33)26(18-30(29)42-2)22-5-3-6-22;1-38-20-8-5-18(6-9-20)17-33(27-4-3-13-31-32-27)40(36,37)21-10-11-24-19(14-21)7-12-28(35)34(24)25-16-23(30)22(29)15-26(25)39-2;1-33-22-13-18(15-4-2-5-15)19(25)14-21(22)29-20-9-8-17(12-16(20)7-10-24(29)30)34(31,32)28-23-6-3-11-26-27-23;1-2-4-3-1;;/h4,7-19,22H,3,5-6,20H2,1-2H3;3-16H,17H2,1-2H3;3,6-15H,2,4-5H2,1H3,(H,27,28);1H,2-4H2;1H;/q;;;-1;;+2/p-1. The second-order valence-corrected chi connectivity index (χ2v) is 35.8. The van der Waals surface area contributed by atoms with Crippen molar-refractivity contribution in [2.24, 2.45) is 0 Å². The molecule has 26 nitrogen and oxygen atoms in total. The van der Waals surface area contributed by atoms with Crippen molar-refractivity contribution in [2.45, 2.75) is 97.4 Å². The Balaban J connectivity index is 0.000000154. The van der Waals surface area contributed by atoms with Crippen molar-refractivity contribution >= 4 is 145 Å². The number of hydrogen-bond donors (Lipinski definition) is 1. The van der Waals surface area contributed by atoms with Gasteiger partial charge in [0.1, 0.15) is 28.7 Å². The second-order valence-electron chi connectivity index (χ2n) is 28.3. The number of sulfonamides is 3. The molecule has 6 heterocycles. The Morgan fingerprint density at radius 3 is 1.13 bits per heavy atom. The molecule has 630 valence electrons. The quantitative estimate of drug-likeness (QED) is 0.0459. The molecule has 0 amide bonds. The SMILES string of the molecule is COc1cc(C2CCC2)c(Cl)cc1-n1c(=O)ccc2cc(S(=O)(=O)Nc3cccnn3)ccc21.COc1ccc(CN(c2cccnn2)S(=O)(=O)c2ccc3c(ccc(=O)n3-c3cc(Cl)c(Br)cc3OC)c2)cc1.COc1ccc(CN(c2cccnn2)S(=O)(=O)c2ccc3c(ccc(=O)n3-c3cc(Cl)c(C4CCC4)cc3OC)c2)cc1.[CH-]1CCC1.[Zn+][Br]. The van der Waals surface area contributed by atoms with Crippen molar-refractivity contribution in [1.82, 2.24) is 44.3 Å². The topological polar surface area (TPSA) is 310 Å². The molecule has 0 unspecified atom stereocenters. The Morgan fingerprint density at radius 2 is 0.797 bits per heavy atom. The van der Waals surface area contributed by atoms with E-state index in [0.717, 1.165) is 54.4 Å². The van der Waals surface area contributed by atoms with E-state index in [1.165, 1.54) is 145 Å². The maximum absolute atomic E-state index is 14.1. The van der Waals surface area contributed by atoms with Gasteiger partial charge in [0.2, 0.25) is 0 Å². The molecule has 1 N–H and O–H groups in total. The summed E-state index contributed by atoms with van der Waals surface area (Å²) in [6.45, 7) is 0.0305. The van der Waals surface area contributed by atoms with Crippen molar-refractivity contribution in [3.63, 3.8) is 0 Å². The predicted molar refractivity (Wildman–Crippen MR) is 481 cm³/mol. The van der Waals surface area contributed by atoms with Gasteiger partial charge in [-0.2, -0.15) is 28.1 Å². The van der Waals surface area contributed by atoms with Crippen molar-refractivity contribution in [3.05, 3.63) is 310 Å². The molecule has 0 saturated heterocycles. The van der Waals surface area contributed by atoms with Gasteiger partial charge >= 0.3 is 30.0 Å². The van der Waals surface area contributed by atoms with Crippen molar-refractivity contribution in [3.8, 4) is 45.8 Å². The number of methoxy groups -OCH3 is 5. The van der Waals surface area contributed by atoms with E-state index in [1.54, 1.807) is 174 Å². The number of hydrogen-bond acceptors (Lipinski definition) is 20. The number of nitrogens with zero attached hydrogens (tertiary/aromatic N) is 11. The number of nitrogens with one attached hydrogen (secondary N) is 1. The first kappa shape index (κ1) is 90.1. The summed E-state index contributed by atoms with van der Waals surface area (Å²) in [7, 11) is -4.40. The molecule has 0 spiro atoms. The first-order chi connectivity index (χ1) is 59.4. The third-order valence-electron chi connectivity index (χ3n) is 20.9. The molecule has 8 aromatic carbocycles. The molecule has 3 saturated carbocycles. The number of aromatic nitrogens is 9. The fourth-order valence-electron chi connectivity index (χ4n) is 13.9. The molecule has 17 rings (SSSR count). The van der Waals surface area contributed by atoms with Crippen LogP contribution in [0.4, 0.5) is 17.5 Å². The van der Waals surface area contributed by atoms with E-state index in [4.69, 9.17) is 58.5 Å². The molecule has 6 aromatic heterocycles. The fraction of sp³-hybridized carbons (Fsp3) is 0.205. The summed E-state index contributed by atoms with van der Waals surface area (Å²) < 4.78 is 119. The summed E-state index contributed by atoms with van der Waals surface area (Å²) >= 11 is 27.3. The van der Waals surface area contributed by atoms with E-state index in [1.807, 2.05) is 12.1 Å². The van der Waals surface area contributed by atoms with Crippen LogP contribution in [-0.2, 0) is 59.5 Å². The van der Waals surface area contributed by atoms with Crippen LogP contribution < -0.4 is 53.7 Å². The summed E-state index contributed by atoms with van der Waals surface area (Å²) in [6, 6.07) is 57.0. The number of benzene rings is 8. The molecule has 0 aliphatic heterocycles. The van der Waals surface area contributed by atoms with Crippen molar-refractivity contribution < 1.29 is 65.3 Å². The molecule has 3 aliphatic carbocycles. The summed E-state index contributed by atoms with van der Waals surface area (Å²) in [5, 5.41) is 26.5. The minimum absolute atomic E-state index is 0.0111. The third kappa shape index (κ3) is 20.3. The molecule has 0 radical (unpaired) electrons. The van der Waals surface area contributed by atoms with Gasteiger partial charge in [-0.3, -0.25) is 32.8 Å². The third-order valence-corrected chi connectivity index (χ3v) is 27.6. The Morgan fingerprint density at radius 1 is 0.439 bits per heavy atom. The van der Waals surface area contributed by atoms with E-state index in [9.17, 15) is 39.6 Å². The van der Waals surface area contributed by atoms with Crippen LogP contribution in [0.1, 0.15) is 91.9 Å². The van der Waals surface area contributed by atoms with E-state index in [0.29, 0.717) is 110 Å². The summed E-state index contributed by atoms with van der Waals surface area (Å²) in [6.07, 6.45) is 17.5. The molecular formula is C88H79Br2Cl3N12O14S3Zn. The number of rotatable bonds is 23. The molecule has 0 bridgehead atoms. The van der Waals surface area contributed by atoms with Crippen molar-refractivity contribution in [1.29, 1.82) is 0 Å². The zero-order valence-electron chi connectivity index (χ0n) is 66.9. The number of pyridine rings is 3. The molecule has 3 aliphatic rings. The van der Waals surface area contributed by atoms with E-state index >= 15 is 0 Å². The fourth-order valence-corrected chi connectivity index (χ4v) is 18.9. The Bertz CT molecular complexity index is 6730. The average Bonchev–Trinajstić information content (AvgIpc) is 0.760. The van der Waals surface area contributed by atoms with Gasteiger partial charge in [-0.05, 0) is 246 Å². The van der Waals surface area contributed by atoms with Gasteiger partial charge in [-0.1, -0.05) is 71.9 Å². The van der Waals surface area contributed by atoms with Gasteiger partial charge in [0.05, 0.1) is 102 Å². The Kier molecular flexibility index (Phi) is 29.5. The first-order valence-electron chi connectivity index (χ1n) is 38.4. The molecule has 123 heavy (non-hydrogen) atoms. The molecule has 14 aromatic rings. The van der Waals surface area contributed by atoms with E-state index in [2.05, 4.69) is 71.3 Å². The van der Waals surface area contributed by atoms with Gasteiger partial charge in [-0.15, -0.1) is 21.7 Å². The molecule has 0 atom stereocenters. The van der Waals surface area contributed by atoms with Crippen LogP contribution in [0.15, 0.2) is 264 Å². The number of halogens is 5. The second kappa shape index (κ2) is 40.3. The summed E-state index contributed by atoms with van der Waals surface area (Å²) in [5.41, 5.74) is 5.50. The Hall–Kier alpha value is -10.7. The van der Waals surface area contributed by atoms with Crippen LogP contribution in [0.2, 0.25) is 15.1 Å². The van der Waals surface area contributed by atoms with E-state index in [-0.39, 0.29) is 61.9 Å². The summed E-state index contributed by atoms with van der Waals surface area (Å²) in [4.78, 5) is 39.3. The maximum atomic E-state index is 14.1. The summed E-state index contributed by atoms with van der Waals surface area (Å²) in [5.74, 6) is 4.00. The number of anilines is 3. The van der Waals surface area contributed by atoms with Gasteiger partial charge < -0.3 is 30.1 Å². The zero-order valence-corrected chi connectivity index (χ0v) is 77.8. The van der Waals surface area contributed by atoms with Gasteiger partial charge in [0.25, 0.3) is 46.7 Å². The molecule has 3 fully saturated rings. The number of ether oxygens (including phenoxy) is 5. The molecule has 35 heteroatoms. The van der Waals surface area contributed by atoms with Crippen LogP contribution in [0.3, 0.4) is 0 Å². The first-order valence-corrected chi connectivity index (χ1v) is 51.7. The van der Waals surface area contributed by atoms with Crippen LogP contribution in [-0.4, -0.2) is 105 Å². The van der Waals surface area contributed by atoms with Crippen LogP contribution >= 0.6 is 64.4 Å². The minimum atomic E-state index is -4.11. The van der Waals surface area contributed by atoms with Gasteiger partial charge in [-0.25, -0.2) is 33.9 Å². The monoisotopic (exact) mass is 1950 g/mol. The Labute approximate surface area is 750 Å². The van der Waals surface area contributed by atoms with E-state index < -0.39 is 30.1 Å². The van der Waals surface area contributed by atoms with Crippen LogP contribution in [0.5, 0.6) is 28.7 Å². The van der Waals surface area contributed by atoms with Crippen molar-refractivity contribution in [2.75, 3.05) is 48.9 Å². The van der Waals surface area contributed by atoms with Crippen LogP contribution in [0.25, 0.3) is 49.8 Å². The normalized spacial score (nSPS) is 13.1. The molecular weight excluding hydrogens is 1880 g/mol. The van der Waals surface area contributed by atoms with Gasteiger partial charge in [0.15, 0.2) is 17.5 Å². The van der Waals surface area contributed by atoms with Gasteiger partial charge in [0, 0.05) is 67.5 Å². The van der Waals surface area contributed by atoms with Crippen LogP contribution in [0, 0.1) is 6.42 Å². The zero-order chi connectivity index (χ0) is 87.3.